The summed E-state index contributed by atoms with van der Waals surface area (Å²) in [6.45, 7) is 1.87. The third-order valence-electron chi connectivity index (χ3n) is 2.98. The van der Waals surface area contributed by atoms with Crippen molar-refractivity contribution in [2.75, 3.05) is 10.0 Å². The molecule has 0 saturated carbocycles. The topological polar surface area (TPSA) is 75.3 Å². The third-order valence-corrected chi connectivity index (χ3v) is 4.90. The molecule has 128 valence electrons. The first-order valence-corrected chi connectivity index (χ1v) is 9.27. The van der Waals surface area contributed by atoms with Gasteiger partial charge in [-0.1, -0.05) is 52.5 Å². The van der Waals surface area contributed by atoms with Crippen molar-refractivity contribution in [3.63, 3.8) is 0 Å². The van der Waals surface area contributed by atoms with Gasteiger partial charge in [0.2, 0.25) is 0 Å². The van der Waals surface area contributed by atoms with Crippen molar-refractivity contribution in [3.05, 3.63) is 54.1 Å². The summed E-state index contributed by atoms with van der Waals surface area (Å²) in [6, 6.07) is 12.4. The largest absolute Gasteiger partial charge is 0.322 e. The minimum Gasteiger partial charge on any atom is -0.322 e. The Hall–Kier alpha value is -1.47. The van der Waals surface area contributed by atoms with Crippen LogP contribution in [-0.4, -0.2) is 18.1 Å². The molecule has 0 unspecified atom stereocenters. The van der Waals surface area contributed by atoms with Gasteiger partial charge < -0.3 is 5.32 Å². The van der Waals surface area contributed by atoms with Gasteiger partial charge in [-0.3, -0.25) is 9.52 Å². The van der Waals surface area contributed by atoms with Crippen LogP contribution in [0.4, 0.5) is 11.4 Å². The summed E-state index contributed by atoms with van der Waals surface area (Å²) in [4.78, 5) is 11.7. The van der Waals surface area contributed by atoms with Gasteiger partial charge in [-0.05, 0) is 43.3 Å². The van der Waals surface area contributed by atoms with E-state index >= 15 is 0 Å². The molecular formula is C15H13Cl3N2O3S. The molecule has 2 aromatic carbocycles. The molecule has 0 heterocycles. The van der Waals surface area contributed by atoms with Crippen molar-refractivity contribution in [2.24, 2.45) is 0 Å². The van der Waals surface area contributed by atoms with E-state index < -0.39 is 19.7 Å². The van der Waals surface area contributed by atoms with Gasteiger partial charge in [-0.15, -0.1) is 0 Å². The van der Waals surface area contributed by atoms with Gasteiger partial charge in [-0.25, -0.2) is 8.42 Å². The maximum atomic E-state index is 12.3. The normalized spacial score (nSPS) is 11.8. The highest BCUT2D eigenvalue weighted by molar-refractivity contribution is 7.92. The summed E-state index contributed by atoms with van der Waals surface area (Å²) in [5.41, 5.74) is 1.66. The average Bonchev–Trinajstić information content (AvgIpc) is 2.48. The standard InChI is InChI=1S/C15H13Cl3N2O3S/c1-10-2-8-13(9-3-10)24(22,23)20-12-6-4-11(5-7-12)19-14(21)15(16,17)18/h2-9,20H,1H3,(H,19,21). The van der Waals surface area contributed by atoms with E-state index in [0.29, 0.717) is 11.4 Å². The average molecular weight is 408 g/mol. The van der Waals surface area contributed by atoms with Crippen LogP contribution >= 0.6 is 34.8 Å². The molecule has 0 aliphatic carbocycles. The number of nitrogens with one attached hydrogen (secondary N) is 2. The molecule has 2 aromatic rings. The highest BCUT2D eigenvalue weighted by atomic mass is 35.6. The van der Waals surface area contributed by atoms with Crippen LogP contribution in [0.5, 0.6) is 0 Å². The van der Waals surface area contributed by atoms with Crippen LogP contribution in [0.2, 0.25) is 0 Å². The van der Waals surface area contributed by atoms with Crippen LogP contribution < -0.4 is 10.0 Å². The van der Waals surface area contributed by atoms with Crippen molar-refractivity contribution in [2.45, 2.75) is 15.6 Å². The second-order valence-electron chi connectivity index (χ2n) is 4.95. The first kappa shape index (κ1) is 18.9. The maximum absolute atomic E-state index is 12.3. The van der Waals surface area contributed by atoms with Gasteiger partial charge in [-0.2, -0.15) is 0 Å². The Bertz CT molecular complexity index is 830. The third kappa shape index (κ3) is 5.01. The smallest absolute Gasteiger partial charge is 0.276 e. The number of aryl methyl sites for hydroxylation is 1. The fourth-order valence-electron chi connectivity index (χ4n) is 1.76. The van der Waals surface area contributed by atoms with Crippen LogP contribution in [0.15, 0.2) is 53.4 Å². The van der Waals surface area contributed by atoms with Gasteiger partial charge >= 0.3 is 0 Å². The Morgan fingerprint density at radius 2 is 1.42 bits per heavy atom. The first-order valence-electron chi connectivity index (χ1n) is 6.66. The molecular weight excluding hydrogens is 395 g/mol. The minimum atomic E-state index is -3.69. The highest BCUT2D eigenvalue weighted by Crippen LogP contribution is 2.28. The van der Waals surface area contributed by atoms with Crippen molar-refractivity contribution in [3.8, 4) is 0 Å². The Morgan fingerprint density at radius 1 is 0.917 bits per heavy atom. The Balaban J connectivity index is 2.11. The van der Waals surface area contributed by atoms with E-state index in [1.54, 1.807) is 12.1 Å². The van der Waals surface area contributed by atoms with Crippen LogP contribution in [-0.2, 0) is 14.8 Å². The molecule has 5 nitrogen and oxygen atoms in total. The van der Waals surface area contributed by atoms with Crippen LogP contribution in [0, 0.1) is 6.92 Å². The number of rotatable bonds is 4. The number of hydrogen-bond donors (Lipinski definition) is 2. The predicted molar refractivity (Wildman–Crippen MR) is 97.3 cm³/mol. The Kier molecular flexibility index (Phi) is 5.65. The Labute approximate surface area is 155 Å². The SMILES string of the molecule is Cc1ccc(S(=O)(=O)Nc2ccc(NC(=O)C(Cl)(Cl)Cl)cc2)cc1. The van der Waals surface area contributed by atoms with E-state index in [-0.39, 0.29) is 4.90 Å². The monoisotopic (exact) mass is 406 g/mol. The maximum Gasteiger partial charge on any atom is 0.276 e. The summed E-state index contributed by atoms with van der Waals surface area (Å²) in [6.07, 6.45) is 0. The molecule has 0 aliphatic heterocycles. The Morgan fingerprint density at radius 3 is 1.92 bits per heavy atom. The zero-order chi connectivity index (χ0) is 18.0. The number of benzene rings is 2. The van der Waals surface area contributed by atoms with Crippen molar-refractivity contribution >= 4 is 62.1 Å². The number of anilines is 2. The first-order chi connectivity index (χ1) is 11.1. The van der Waals surface area contributed by atoms with Gasteiger partial charge in [0.1, 0.15) is 0 Å². The van der Waals surface area contributed by atoms with E-state index in [9.17, 15) is 13.2 Å². The summed E-state index contributed by atoms with van der Waals surface area (Å²) in [5, 5.41) is 2.40. The molecule has 0 aliphatic rings. The molecule has 0 spiro atoms. The highest BCUT2D eigenvalue weighted by Gasteiger charge is 2.30. The lowest BCUT2D eigenvalue weighted by Gasteiger charge is -2.12. The van der Waals surface area contributed by atoms with Gasteiger partial charge in [0.25, 0.3) is 19.7 Å². The zero-order valence-corrected chi connectivity index (χ0v) is 15.5. The van der Waals surface area contributed by atoms with E-state index in [1.807, 2.05) is 6.92 Å². The summed E-state index contributed by atoms with van der Waals surface area (Å²) in [5.74, 6) is -0.805. The zero-order valence-electron chi connectivity index (χ0n) is 12.4. The lowest BCUT2D eigenvalue weighted by molar-refractivity contribution is -0.115. The van der Waals surface area contributed by atoms with Crippen LogP contribution in [0.1, 0.15) is 5.56 Å². The molecule has 2 rings (SSSR count). The molecule has 0 fully saturated rings. The number of hydrogen-bond acceptors (Lipinski definition) is 3. The molecule has 2 N–H and O–H groups in total. The number of halogens is 3. The van der Waals surface area contributed by atoms with Crippen molar-refractivity contribution in [1.29, 1.82) is 0 Å². The lowest BCUT2D eigenvalue weighted by atomic mass is 10.2. The number of amides is 1. The molecule has 9 heteroatoms. The number of carbonyl (C=O) groups excluding carboxylic acids is 1. The number of sulfonamides is 1. The second-order valence-corrected chi connectivity index (χ2v) is 8.91. The molecule has 0 saturated heterocycles. The minimum absolute atomic E-state index is 0.154. The van der Waals surface area contributed by atoms with E-state index in [1.165, 1.54) is 36.4 Å². The summed E-state index contributed by atoms with van der Waals surface area (Å²) in [7, 11) is -3.69. The van der Waals surface area contributed by atoms with Crippen LogP contribution in [0.3, 0.4) is 0 Å². The lowest BCUT2D eigenvalue weighted by Crippen LogP contribution is -2.26. The fraction of sp³-hybridized carbons (Fsp3) is 0.133. The molecule has 1 amide bonds. The molecule has 0 aromatic heterocycles. The van der Waals surface area contributed by atoms with E-state index in [4.69, 9.17) is 34.8 Å². The van der Waals surface area contributed by atoms with Gasteiger partial charge in [0.05, 0.1) is 4.90 Å². The number of carbonyl (C=O) groups is 1. The van der Waals surface area contributed by atoms with E-state index in [2.05, 4.69) is 10.0 Å². The van der Waals surface area contributed by atoms with Crippen molar-refractivity contribution in [1.82, 2.24) is 0 Å². The summed E-state index contributed by atoms with van der Waals surface area (Å²) >= 11 is 16.4. The van der Waals surface area contributed by atoms with Gasteiger partial charge in [0.15, 0.2) is 0 Å². The molecule has 0 bridgehead atoms. The van der Waals surface area contributed by atoms with Crippen LogP contribution in [0.25, 0.3) is 0 Å². The quantitative estimate of drug-likeness (QED) is 0.749. The molecule has 0 radical (unpaired) electrons. The molecule has 24 heavy (non-hydrogen) atoms. The molecule has 0 atom stereocenters. The van der Waals surface area contributed by atoms with E-state index in [0.717, 1.165) is 5.56 Å². The van der Waals surface area contributed by atoms with Crippen molar-refractivity contribution < 1.29 is 13.2 Å². The number of alkyl halides is 3. The fourth-order valence-corrected chi connectivity index (χ4v) is 2.96. The predicted octanol–water partition coefficient (Wildman–Crippen LogP) is 4.10. The second kappa shape index (κ2) is 7.19. The summed E-state index contributed by atoms with van der Waals surface area (Å²) < 4.78 is 24.9. The van der Waals surface area contributed by atoms with Gasteiger partial charge in [0, 0.05) is 11.4 Å².